The summed E-state index contributed by atoms with van der Waals surface area (Å²) in [6.45, 7) is 2.80. The summed E-state index contributed by atoms with van der Waals surface area (Å²) in [4.78, 5) is 19.4. The number of aromatic amines is 1. The number of amides is 1. The molecule has 1 atom stereocenters. The molecule has 0 unspecified atom stereocenters. The highest BCUT2D eigenvalue weighted by Gasteiger charge is 2.33. The fourth-order valence-corrected chi connectivity index (χ4v) is 4.10. The molecule has 2 aliphatic rings. The Balaban J connectivity index is 1.58. The van der Waals surface area contributed by atoms with Gasteiger partial charge in [0.05, 0.1) is 6.04 Å². The second kappa shape index (κ2) is 5.50. The van der Waals surface area contributed by atoms with Gasteiger partial charge in [0.1, 0.15) is 10.7 Å². The van der Waals surface area contributed by atoms with Crippen LogP contribution >= 0.6 is 11.3 Å². The van der Waals surface area contributed by atoms with Gasteiger partial charge in [-0.3, -0.25) is 9.89 Å². The summed E-state index contributed by atoms with van der Waals surface area (Å²) in [6.07, 6.45) is 5.63. The summed E-state index contributed by atoms with van der Waals surface area (Å²) in [5.41, 5.74) is 2.71. The third kappa shape index (κ3) is 2.56. The number of aryl methyl sites for hydroxylation is 1. The average molecular weight is 316 g/mol. The lowest BCUT2D eigenvalue weighted by Crippen LogP contribution is -2.38. The molecule has 2 aromatic rings. The van der Waals surface area contributed by atoms with Crippen molar-refractivity contribution in [1.82, 2.24) is 20.1 Å². The fourth-order valence-electron chi connectivity index (χ4n) is 3.15. The van der Waals surface area contributed by atoms with E-state index in [1.54, 1.807) is 11.3 Å². The molecule has 116 valence electrons. The molecule has 0 spiro atoms. The van der Waals surface area contributed by atoms with E-state index in [2.05, 4.69) is 20.6 Å². The van der Waals surface area contributed by atoms with Crippen molar-refractivity contribution in [3.63, 3.8) is 0 Å². The molecule has 1 amide bonds. The molecular formula is C16H20N4OS. The topological polar surface area (TPSA) is 61.9 Å². The molecule has 6 heteroatoms. The summed E-state index contributed by atoms with van der Waals surface area (Å²) < 4.78 is 0. The monoisotopic (exact) mass is 316 g/mol. The van der Waals surface area contributed by atoms with E-state index in [0.717, 1.165) is 42.2 Å². The van der Waals surface area contributed by atoms with Crippen molar-refractivity contribution in [2.24, 2.45) is 0 Å². The van der Waals surface area contributed by atoms with E-state index in [-0.39, 0.29) is 11.9 Å². The van der Waals surface area contributed by atoms with Crippen LogP contribution in [0.4, 0.5) is 0 Å². The minimum atomic E-state index is 0.0423. The van der Waals surface area contributed by atoms with Gasteiger partial charge in [-0.1, -0.05) is 0 Å². The Morgan fingerprint density at radius 3 is 2.95 bits per heavy atom. The van der Waals surface area contributed by atoms with Gasteiger partial charge in [-0.15, -0.1) is 11.3 Å². The molecule has 1 saturated carbocycles. The zero-order chi connectivity index (χ0) is 15.1. The molecule has 1 aliphatic heterocycles. The van der Waals surface area contributed by atoms with Crippen molar-refractivity contribution in [2.75, 3.05) is 6.54 Å². The Labute approximate surface area is 133 Å². The van der Waals surface area contributed by atoms with Crippen LogP contribution in [0.15, 0.2) is 11.4 Å². The third-order valence-electron chi connectivity index (χ3n) is 4.52. The molecular weight excluding hydrogens is 296 g/mol. The number of nitrogens with zero attached hydrogens (tertiary/aromatic N) is 3. The van der Waals surface area contributed by atoms with Crippen LogP contribution in [0.1, 0.15) is 70.9 Å². The quantitative estimate of drug-likeness (QED) is 0.944. The van der Waals surface area contributed by atoms with Crippen LogP contribution < -0.4 is 0 Å². The number of rotatable bonds is 3. The second-order valence-corrected chi connectivity index (χ2v) is 7.21. The average Bonchev–Trinajstić information content (AvgIpc) is 3.11. The van der Waals surface area contributed by atoms with Gasteiger partial charge in [0.2, 0.25) is 0 Å². The number of hydrogen-bond acceptors (Lipinski definition) is 4. The highest BCUT2D eigenvalue weighted by atomic mass is 32.1. The summed E-state index contributed by atoms with van der Waals surface area (Å²) >= 11 is 1.66. The van der Waals surface area contributed by atoms with Crippen molar-refractivity contribution in [2.45, 2.75) is 51.0 Å². The lowest BCUT2D eigenvalue weighted by molar-refractivity contribution is 0.0605. The predicted octanol–water partition coefficient (Wildman–Crippen LogP) is 3.42. The lowest BCUT2D eigenvalue weighted by Gasteiger charge is -2.34. The van der Waals surface area contributed by atoms with Crippen LogP contribution in [-0.2, 0) is 0 Å². The Kier molecular flexibility index (Phi) is 3.48. The van der Waals surface area contributed by atoms with Crippen molar-refractivity contribution in [1.29, 1.82) is 0 Å². The number of nitrogens with one attached hydrogen (secondary N) is 1. The maximum atomic E-state index is 12.9. The predicted molar refractivity (Wildman–Crippen MR) is 85.0 cm³/mol. The maximum Gasteiger partial charge on any atom is 0.274 e. The Bertz CT molecular complexity index is 688. The zero-order valence-corrected chi connectivity index (χ0v) is 13.5. The minimum Gasteiger partial charge on any atom is -0.328 e. The molecule has 5 nitrogen and oxygen atoms in total. The van der Waals surface area contributed by atoms with E-state index < -0.39 is 0 Å². The van der Waals surface area contributed by atoms with Crippen molar-refractivity contribution in [3.8, 4) is 0 Å². The maximum absolute atomic E-state index is 12.9. The fraction of sp³-hybridized carbons (Fsp3) is 0.562. The number of likely N-dealkylation sites (tertiary alicyclic amines) is 1. The van der Waals surface area contributed by atoms with Gasteiger partial charge in [0.15, 0.2) is 0 Å². The standard InChI is InChI=1S/C16H20N4OS/c1-10-9-22-15(17-10)14-4-2-3-7-20(14)16(21)13-8-12(18-19-13)11-5-6-11/h8-9,11,14H,2-7H2,1H3,(H,18,19)/t14-/m1/s1. The van der Waals surface area contributed by atoms with E-state index >= 15 is 0 Å². The summed E-state index contributed by atoms with van der Waals surface area (Å²) in [6, 6.07) is 2.06. The van der Waals surface area contributed by atoms with Gasteiger partial charge < -0.3 is 4.90 Å². The normalized spacial score (nSPS) is 22.0. The van der Waals surface area contributed by atoms with E-state index in [1.807, 2.05) is 17.9 Å². The van der Waals surface area contributed by atoms with Gasteiger partial charge in [-0.05, 0) is 45.1 Å². The first kappa shape index (κ1) is 13.9. The second-order valence-electron chi connectivity index (χ2n) is 6.32. The first-order chi connectivity index (χ1) is 10.7. The molecule has 1 saturated heterocycles. The molecule has 0 aromatic carbocycles. The van der Waals surface area contributed by atoms with E-state index in [0.29, 0.717) is 11.6 Å². The van der Waals surface area contributed by atoms with Gasteiger partial charge in [-0.2, -0.15) is 5.10 Å². The number of hydrogen-bond donors (Lipinski definition) is 1. The Morgan fingerprint density at radius 1 is 1.36 bits per heavy atom. The Hall–Kier alpha value is -1.69. The van der Waals surface area contributed by atoms with Crippen LogP contribution in [-0.4, -0.2) is 32.5 Å². The number of aromatic nitrogens is 3. The highest BCUT2D eigenvalue weighted by Crippen LogP contribution is 2.39. The van der Waals surface area contributed by atoms with Gasteiger partial charge >= 0.3 is 0 Å². The van der Waals surface area contributed by atoms with Crippen LogP contribution in [0.5, 0.6) is 0 Å². The number of thiazole rings is 1. The van der Waals surface area contributed by atoms with Crippen LogP contribution in [0.25, 0.3) is 0 Å². The molecule has 22 heavy (non-hydrogen) atoms. The SMILES string of the molecule is Cc1csc([C@H]2CCCCN2C(=O)c2cc(C3CC3)[nH]n2)n1. The molecule has 1 N–H and O–H groups in total. The first-order valence-corrected chi connectivity index (χ1v) is 8.88. The highest BCUT2D eigenvalue weighted by molar-refractivity contribution is 7.09. The van der Waals surface area contributed by atoms with E-state index in [1.165, 1.54) is 12.8 Å². The number of piperidine rings is 1. The molecule has 1 aliphatic carbocycles. The Morgan fingerprint density at radius 2 is 2.23 bits per heavy atom. The summed E-state index contributed by atoms with van der Waals surface area (Å²) in [5.74, 6) is 0.633. The summed E-state index contributed by atoms with van der Waals surface area (Å²) in [5, 5.41) is 10.4. The molecule has 0 radical (unpaired) electrons. The summed E-state index contributed by atoms with van der Waals surface area (Å²) in [7, 11) is 0. The molecule has 4 rings (SSSR count). The molecule has 2 aromatic heterocycles. The van der Waals surface area contributed by atoms with E-state index in [4.69, 9.17) is 0 Å². The molecule has 3 heterocycles. The third-order valence-corrected chi connectivity index (χ3v) is 5.58. The minimum absolute atomic E-state index is 0.0423. The number of carbonyl (C=O) groups excluding carboxylic acids is 1. The smallest absolute Gasteiger partial charge is 0.274 e. The zero-order valence-electron chi connectivity index (χ0n) is 12.7. The largest absolute Gasteiger partial charge is 0.328 e. The van der Waals surface area contributed by atoms with Gasteiger partial charge in [-0.25, -0.2) is 4.98 Å². The van der Waals surface area contributed by atoms with Crippen LogP contribution in [0.2, 0.25) is 0 Å². The number of carbonyl (C=O) groups is 1. The first-order valence-electron chi connectivity index (χ1n) is 8.00. The van der Waals surface area contributed by atoms with Crippen LogP contribution in [0.3, 0.4) is 0 Å². The lowest BCUT2D eigenvalue weighted by atomic mass is 10.0. The van der Waals surface area contributed by atoms with Crippen molar-refractivity contribution < 1.29 is 4.79 Å². The van der Waals surface area contributed by atoms with Crippen molar-refractivity contribution in [3.05, 3.63) is 33.5 Å². The van der Waals surface area contributed by atoms with Crippen LogP contribution in [0, 0.1) is 6.92 Å². The van der Waals surface area contributed by atoms with Gasteiger partial charge in [0.25, 0.3) is 5.91 Å². The van der Waals surface area contributed by atoms with Gasteiger partial charge in [0, 0.05) is 29.2 Å². The van der Waals surface area contributed by atoms with Crippen molar-refractivity contribution >= 4 is 17.2 Å². The van der Waals surface area contributed by atoms with E-state index in [9.17, 15) is 4.79 Å². The number of H-pyrrole nitrogens is 1. The molecule has 0 bridgehead atoms. The molecule has 2 fully saturated rings.